The summed E-state index contributed by atoms with van der Waals surface area (Å²) in [5, 5.41) is 12.1. The maximum absolute atomic E-state index is 13.1. The van der Waals surface area contributed by atoms with Gasteiger partial charge in [0.2, 0.25) is 5.91 Å². The number of benzene rings is 2. The minimum Gasteiger partial charge on any atom is -0.481 e. The topological polar surface area (TPSA) is 104 Å². The van der Waals surface area contributed by atoms with Crippen LogP contribution < -0.4 is 9.62 Å². The molecule has 0 radical (unpaired) electrons. The van der Waals surface area contributed by atoms with Crippen LogP contribution in [0.15, 0.2) is 65.6 Å². The van der Waals surface area contributed by atoms with E-state index in [4.69, 9.17) is 0 Å². The number of nitrogens with one attached hydrogen (secondary N) is 1. The number of carbonyl (C=O) groups is 2. The van der Waals surface area contributed by atoms with E-state index in [0.29, 0.717) is 37.2 Å². The lowest BCUT2D eigenvalue weighted by atomic mass is 9.82. The Bertz CT molecular complexity index is 1110. The van der Waals surface area contributed by atoms with Crippen molar-refractivity contribution in [3.05, 3.63) is 66.2 Å². The van der Waals surface area contributed by atoms with Crippen molar-refractivity contribution in [2.75, 3.05) is 16.2 Å². The summed E-state index contributed by atoms with van der Waals surface area (Å²) >= 11 is 0. The third-order valence-corrected chi connectivity index (χ3v) is 7.47. The highest BCUT2D eigenvalue weighted by Crippen LogP contribution is 2.33. The van der Waals surface area contributed by atoms with Gasteiger partial charge in [0, 0.05) is 12.2 Å². The molecule has 0 bridgehead atoms. The number of para-hydroxylation sites is 1. The zero-order chi connectivity index (χ0) is 21.3. The Morgan fingerprint density at radius 2 is 1.63 bits per heavy atom. The van der Waals surface area contributed by atoms with Crippen molar-refractivity contribution in [3.8, 4) is 0 Å². The van der Waals surface area contributed by atoms with Gasteiger partial charge in [-0.05, 0) is 55.2 Å². The first kappa shape index (κ1) is 20.2. The molecule has 1 aliphatic heterocycles. The van der Waals surface area contributed by atoms with Crippen LogP contribution in [0.25, 0.3) is 0 Å². The van der Waals surface area contributed by atoms with Crippen LogP contribution in [0.1, 0.15) is 18.4 Å². The SMILES string of the molecule is O=C(O)C1CC=CCC1C(=O)Nc1ccc(S(=O)(=O)N2CCc3ccccc32)cc1. The van der Waals surface area contributed by atoms with Crippen LogP contribution in [-0.2, 0) is 26.0 Å². The van der Waals surface area contributed by atoms with Gasteiger partial charge in [0.1, 0.15) is 0 Å². The maximum atomic E-state index is 13.1. The van der Waals surface area contributed by atoms with E-state index in [1.54, 1.807) is 12.1 Å². The molecule has 0 saturated carbocycles. The molecule has 7 nitrogen and oxygen atoms in total. The fourth-order valence-electron chi connectivity index (χ4n) is 4.01. The van der Waals surface area contributed by atoms with Crippen molar-refractivity contribution in [2.45, 2.75) is 24.2 Å². The summed E-state index contributed by atoms with van der Waals surface area (Å²) in [5.41, 5.74) is 2.12. The summed E-state index contributed by atoms with van der Waals surface area (Å²) in [7, 11) is -3.70. The number of carbonyl (C=O) groups excluding carboxylic acids is 1. The Morgan fingerprint density at radius 1 is 0.967 bits per heavy atom. The van der Waals surface area contributed by atoms with Gasteiger partial charge in [-0.25, -0.2) is 8.42 Å². The highest BCUT2D eigenvalue weighted by molar-refractivity contribution is 7.92. The largest absolute Gasteiger partial charge is 0.481 e. The molecular formula is C22H22N2O5S. The Kier molecular flexibility index (Phi) is 5.34. The lowest BCUT2D eigenvalue weighted by molar-refractivity contribution is -0.146. The monoisotopic (exact) mass is 426 g/mol. The Hall–Kier alpha value is -3.13. The van der Waals surface area contributed by atoms with Crippen LogP contribution in [0, 0.1) is 11.8 Å². The van der Waals surface area contributed by atoms with Gasteiger partial charge in [-0.15, -0.1) is 0 Å². The molecule has 2 aromatic carbocycles. The Labute approximate surface area is 175 Å². The summed E-state index contributed by atoms with van der Waals surface area (Å²) < 4.78 is 27.5. The van der Waals surface area contributed by atoms with E-state index in [2.05, 4.69) is 5.32 Å². The predicted octanol–water partition coefficient (Wildman–Crippen LogP) is 3.04. The van der Waals surface area contributed by atoms with Crippen molar-refractivity contribution in [1.29, 1.82) is 0 Å². The standard InChI is InChI=1S/C22H22N2O5S/c25-21(18-6-2-3-7-19(18)22(26)27)23-16-9-11-17(12-10-16)30(28,29)24-14-13-15-5-1-4-8-20(15)24/h1-5,8-12,18-19H,6-7,13-14H2,(H,23,25)(H,26,27). The van der Waals surface area contributed by atoms with Crippen molar-refractivity contribution < 1.29 is 23.1 Å². The van der Waals surface area contributed by atoms with E-state index in [9.17, 15) is 23.1 Å². The molecule has 4 rings (SSSR count). The number of fused-ring (bicyclic) bond motifs is 1. The molecule has 156 valence electrons. The maximum Gasteiger partial charge on any atom is 0.307 e. The number of aliphatic carboxylic acids is 1. The van der Waals surface area contributed by atoms with Gasteiger partial charge in [-0.2, -0.15) is 0 Å². The molecule has 1 aliphatic carbocycles. The molecule has 0 saturated heterocycles. The minimum atomic E-state index is -3.70. The van der Waals surface area contributed by atoms with Crippen molar-refractivity contribution in [3.63, 3.8) is 0 Å². The normalized spacial score (nSPS) is 20.6. The highest BCUT2D eigenvalue weighted by atomic mass is 32.2. The number of hydrogen-bond acceptors (Lipinski definition) is 4. The molecule has 0 spiro atoms. The van der Waals surface area contributed by atoms with Crippen molar-refractivity contribution >= 4 is 33.3 Å². The number of rotatable bonds is 5. The first-order chi connectivity index (χ1) is 14.4. The number of anilines is 2. The molecule has 0 fully saturated rings. The van der Waals surface area contributed by atoms with Gasteiger partial charge in [-0.3, -0.25) is 13.9 Å². The smallest absolute Gasteiger partial charge is 0.307 e. The number of allylic oxidation sites excluding steroid dienone is 2. The van der Waals surface area contributed by atoms with Crippen molar-refractivity contribution in [2.24, 2.45) is 11.8 Å². The third-order valence-electron chi connectivity index (χ3n) is 5.64. The fourth-order valence-corrected chi connectivity index (χ4v) is 5.51. The van der Waals surface area contributed by atoms with Crippen molar-refractivity contribution in [1.82, 2.24) is 0 Å². The number of hydrogen-bond donors (Lipinski definition) is 2. The molecule has 1 heterocycles. The number of nitrogens with zero attached hydrogens (tertiary/aromatic N) is 1. The number of sulfonamides is 1. The molecular weight excluding hydrogens is 404 g/mol. The third kappa shape index (κ3) is 3.70. The number of carboxylic acid groups (broad SMARTS) is 1. The minimum absolute atomic E-state index is 0.140. The zero-order valence-electron chi connectivity index (χ0n) is 16.2. The Balaban J connectivity index is 1.50. The van der Waals surface area contributed by atoms with E-state index >= 15 is 0 Å². The van der Waals surface area contributed by atoms with Gasteiger partial charge < -0.3 is 10.4 Å². The quantitative estimate of drug-likeness (QED) is 0.715. The molecule has 0 aromatic heterocycles. The van der Waals surface area contributed by atoms with Crippen LogP contribution in [0.2, 0.25) is 0 Å². The lowest BCUT2D eigenvalue weighted by Crippen LogP contribution is -2.34. The van der Waals surface area contributed by atoms with Gasteiger partial charge >= 0.3 is 5.97 Å². The van der Waals surface area contributed by atoms with Gasteiger partial charge in [0.25, 0.3) is 10.0 Å². The van der Waals surface area contributed by atoms with Gasteiger partial charge in [0.15, 0.2) is 0 Å². The molecule has 2 aromatic rings. The molecule has 8 heteroatoms. The second kappa shape index (κ2) is 7.95. The highest BCUT2D eigenvalue weighted by Gasteiger charge is 2.34. The van der Waals surface area contributed by atoms with Crippen LogP contribution in [0.3, 0.4) is 0 Å². The summed E-state index contributed by atoms with van der Waals surface area (Å²) in [4.78, 5) is 24.1. The summed E-state index contributed by atoms with van der Waals surface area (Å²) in [6.45, 7) is 0.395. The van der Waals surface area contributed by atoms with Crippen LogP contribution >= 0.6 is 0 Å². The molecule has 2 N–H and O–H groups in total. The average molecular weight is 426 g/mol. The summed E-state index contributed by atoms with van der Waals surface area (Å²) in [6, 6.07) is 13.4. The molecule has 2 atom stereocenters. The van der Waals surface area contributed by atoms with E-state index in [1.807, 2.05) is 24.3 Å². The first-order valence-corrected chi connectivity index (χ1v) is 11.2. The van der Waals surface area contributed by atoms with Crippen LogP contribution in [0.5, 0.6) is 0 Å². The van der Waals surface area contributed by atoms with E-state index in [0.717, 1.165) is 5.56 Å². The van der Waals surface area contributed by atoms with Gasteiger partial charge in [-0.1, -0.05) is 30.4 Å². The molecule has 2 unspecified atom stereocenters. The van der Waals surface area contributed by atoms with Gasteiger partial charge in [0.05, 0.1) is 22.4 Å². The van der Waals surface area contributed by atoms with Crippen LogP contribution in [0.4, 0.5) is 11.4 Å². The number of amides is 1. The molecule has 2 aliphatic rings. The predicted molar refractivity (Wildman–Crippen MR) is 113 cm³/mol. The van der Waals surface area contributed by atoms with E-state index < -0.39 is 27.8 Å². The van der Waals surface area contributed by atoms with E-state index in [-0.39, 0.29) is 10.8 Å². The first-order valence-electron chi connectivity index (χ1n) is 9.77. The molecule has 1 amide bonds. The molecule has 30 heavy (non-hydrogen) atoms. The average Bonchev–Trinajstić information content (AvgIpc) is 3.19. The summed E-state index contributed by atoms with van der Waals surface area (Å²) in [5.74, 6) is -2.79. The lowest BCUT2D eigenvalue weighted by Gasteiger charge is -2.24. The zero-order valence-corrected chi connectivity index (χ0v) is 17.0. The fraction of sp³-hybridized carbons (Fsp3) is 0.273. The second-order valence-corrected chi connectivity index (χ2v) is 9.33. The second-order valence-electron chi connectivity index (χ2n) is 7.46. The Morgan fingerprint density at radius 3 is 2.33 bits per heavy atom. The van der Waals surface area contributed by atoms with E-state index in [1.165, 1.54) is 28.6 Å². The number of carboxylic acids is 1. The summed E-state index contributed by atoms with van der Waals surface area (Å²) in [6.07, 6.45) is 4.95. The van der Waals surface area contributed by atoms with Crippen LogP contribution in [-0.4, -0.2) is 31.9 Å².